The van der Waals surface area contributed by atoms with Gasteiger partial charge in [0.2, 0.25) is 5.70 Å². The molecule has 8 heteroatoms. The molecule has 3 N–H and O–H groups in total. The average Bonchev–Trinajstić information content (AvgIpc) is 2.95. The number of likely N-dealkylation sites (tertiary alicyclic amines) is 1. The summed E-state index contributed by atoms with van der Waals surface area (Å²) in [7, 11) is 0. The number of hydrogen-bond acceptors (Lipinski definition) is 7. The fourth-order valence-electron chi connectivity index (χ4n) is 2.31. The summed E-state index contributed by atoms with van der Waals surface area (Å²) >= 11 is 0. The van der Waals surface area contributed by atoms with Gasteiger partial charge >= 0.3 is 5.82 Å². The molecule has 3 rings (SSSR count). The van der Waals surface area contributed by atoms with E-state index in [2.05, 4.69) is 10.4 Å². The molecule has 0 saturated carbocycles. The number of rotatable bonds is 2. The van der Waals surface area contributed by atoms with Gasteiger partial charge in [-0.1, -0.05) is 4.94 Å². The molecule has 1 fully saturated rings. The van der Waals surface area contributed by atoms with E-state index in [1.165, 1.54) is 11.1 Å². The van der Waals surface area contributed by atoms with Crippen LogP contribution in [-0.2, 0) is 4.94 Å². The molecule has 3 aliphatic heterocycles. The molecule has 0 unspecified atom stereocenters. The van der Waals surface area contributed by atoms with Crippen LogP contribution in [0.25, 0.3) is 0 Å². The van der Waals surface area contributed by atoms with Gasteiger partial charge in [0, 0.05) is 25.2 Å². The SMILES string of the molecule is N[C@@H]1CCN(C2=CC=C([N+](=O)[O-])N3ONC=C23)C1. The minimum atomic E-state index is -0.482. The zero-order valence-electron chi connectivity index (χ0n) is 9.57. The van der Waals surface area contributed by atoms with Crippen LogP contribution in [0.15, 0.2) is 35.6 Å². The Morgan fingerprint density at radius 2 is 2.33 bits per heavy atom. The molecule has 18 heavy (non-hydrogen) atoms. The number of fused-ring (bicyclic) bond motifs is 1. The van der Waals surface area contributed by atoms with Gasteiger partial charge in [-0.05, 0) is 22.5 Å². The largest absolute Gasteiger partial charge is 0.366 e. The zero-order valence-corrected chi connectivity index (χ0v) is 9.57. The lowest BCUT2D eigenvalue weighted by Crippen LogP contribution is -2.33. The van der Waals surface area contributed by atoms with Gasteiger partial charge in [0.1, 0.15) is 0 Å². The van der Waals surface area contributed by atoms with Crippen molar-refractivity contribution in [2.75, 3.05) is 13.1 Å². The van der Waals surface area contributed by atoms with Crippen molar-refractivity contribution in [3.05, 3.63) is 45.7 Å². The quantitative estimate of drug-likeness (QED) is 0.510. The third-order valence-corrected chi connectivity index (χ3v) is 3.17. The molecule has 0 amide bonds. The number of nitrogens with two attached hydrogens (primary N) is 1. The molecule has 0 spiro atoms. The molecular formula is C10H13N5O3. The van der Waals surface area contributed by atoms with Crippen molar-refractivity contribution in [3.8, 4) is 0 Å². The minimum Gasteiger partial charge on any atom is -0.366 e. The van der Waals surface area contributed by atoms with Crippen LogP contribution in [0.4, 0.5) is 0 Å². The minimum absolute atomic E-state index is 0.113. The zero-order chi connectivity index (χ0) is 12.7. The second-order valence-corrected chi connectivity index (χ2v) is 4.36. The third kappa shape index (κ3) is 1.62. The second-order valence-electron chi connectivity index (χ2n) is 4.36. The molecule has 0 aromatic carbocycles. The van der Waals surface area contributed by atoms with E-state index in [-0.39, 0.29) is 11.9 Å². The van der Waals surface area contributed by atoms with Crippen LogP contribution in [0.2, 0.25) is 0 Å². The van der Waals surface area contributed by atoms with Gasteiger partial charge in [-0.3, -0.25) is 0 Å². The first-order valence-electron chi connectivity index (χ1n) is 5.67. The maximum Gasteiger partial charge on any atom is 0.355 e. The number of allylic oxidation sites excluding steroid dienone is 2. The van der Waals surface area contributed by atoms with Crippen molar-refractivity contribution in [3.63, 3.8) is 0 Å². The highest BCUT2D eigenvalue weighted by Crippen LogP contribution is 2.31. The number of nitrogens with one attached hydrogen (secondary N) is 1. The summed E-state index contributed by atoms with van der Waals surface area (Å²) in [4.78, 5) is 17.5. The molecule has 1 atom stereocenters. The van der Waals surface area contributed by atoms with Crippen molar-refractivity contribution in [2.24, 2.45) is 5.73 Å². The fourth-order valence-corrected chi connectivity index (χ4v) is 2.31. The van der Waals surface area contributed by atoms with Crippen LogP contribution in [0.5, 0.6) is 0 Å². The lowest BCUT2D eigenvalue weighted by atomic mass is 10.2. The summed E-state index contributed by atoms with van der Waals surface area (Å²) < 4.78 is 0. The smallest absolute Gasteiger partial charge is 0.355 e. The maximum atomic E-state index is 10.9. The predicted octanol–water partition coefficient (Wildman–Crippen LogP) is -0.372. The van der Waals surface area contributed by atoms with Crippen LogP contribution >= 0.6 is 0 Å². The highest BCUT2D eigenvalue weighted by atomic mass is 16.8. The van der Waals surface area contributed by atoms with Gasteiger partial charge in [-0.2, -0.15) is 0 Å². The molecule has 0 aliphatic carbocycles. The number of hydrogen-bond donors (Lipinski definition) is 2. The van der Waals surface area contributed by atoms with Crippen LogP contribution in [0.1, 0.15) is 6.42 Å². The van der Waals surface area contributed by atoms with E-state index in [1.807, 2.05) is 0 Å². The number of nitrogens with zero attached hydrogens (tertiary/aromatic N) is 3. The molecule has 0 aromatic rings. The van der Waals surface area contributed by atoms with E-state index in [0.717, 1.165) is 25.2 Å². The summed E-state index contributed by atoms with van der Waals surface area (Å²) in [5, 5.41) is 12.1. The van der Waals surface area contributed by atoms with E-state index < -0.39 is 4.92 Å². The summed E-state index contributed by atoms with van der Waals surface area (Å²) in [5.41, 5.74) is 9.93. The molecule has 1 saturated heterocycles. The summed E-state index contributed by atoms with van der Waals surface area (Å²) in [6, 6.07) is 0.149. The molecule has 0 bridgehead atoms. The topological polar surface area (TPSA) is 96.9 Å². The molecular weight excluding hydrogens is 238 g/mol. The Kier molecular flexibility index (Phi) is 2.46. The number of nitro groups is 1. The number of hydroxylamine groups is 3. The highest BCUT2D eigenvalue weighted by Gasteiger charge is 2.40. The molecule has 8 nitrogen and oxygen atoms in total. The lowest BCUT2D eigenvalue weighted by Gasteiger charge is -2.25. The molecule has 0 radical (unpaired) electrons. The fraction of sp³-hybridized carbons (Fsp3) is 0.400. The van der Waals surface area contributed by atoms with Gasteiger partial charge in [0.15, 0.2) is 0 Å². The summed E-state index contributed by atoms with van der Waals surface area (Å²) in [5.74, 6) is -0.113. The van der Waals surface area contributed by atoms with Crippen LogP contribution in [0, 0.1) is 10.1 Å². The van der Waals surface area contributed by atoms with Crippen LogP contribution < -0.4 is 11.2 Å². The Bertz CT molecular complexity index is 484. The van der Waals surface area contributed by atoms with E-state index in [0.29, 0.717) is 5.70 Å². The van der Waals surface area contributed by atoms with Gasteiger partial charge < -0.3 is 20.7 Å². The Morgan fingerprint density at radius 1 is 1.50 bits per heavy atom. The van der Waals surface area contributed by atoms with Crippen LogP contribution in [-0.4, -0.2) is 34.0 Å². The maximum absolute atomic E-state index is 10.9. The average molecular weight is 251 g/mol. The third-order valence-electron chi connectivity index (χ3n) is 3.17. The lowest BCUT2D eigenvalue weighted by molar-refractivity contribution is -0.465. The van der Waals surface area contributed by atoms with Crippen LogP contribution in [0.3, 0.4) is 0 Å². The van der Waals surface area contributed by atoms with E-state index in [1.54, 1.807) is 12.3 Å². The monoisotopic (exact) mass is 251 g/mol. The standard InChI is InChI=1S/C10H13N5O3/c11-7-3-4-13(6-7)8-1-2-10(15(16)17)14-9(8)5-12-18-14/h1-2,5,7,12H,3-4,6,11H2/t7-/m1/s1. The van der Waals surface area contributed by atoms with Gasteiger partial charge in [-0.25, -0.2) is 5.48 Å². The van der Waals surface area contributed by atoms with Gasteiger partial charge in [0.25, 0.3) is 0 Å². The van der Waals surface area contributed by atoms with Gasteiger partial charge in [0.05, 0.1) is 11.9 Å². The first-order valence-corrected chi connectivity index (χ1v) is 5.67. The van der Waals surface area contributed by atoms with Crippen molar-refractivity contribution in [1.29, 1.82) is 0 Å². The predicted molar refractivity (Wildman–Crippen MR) is 61.5 cm³/mol. The Labute approximate surface area is 103 Å². The molecule has 0 aromatic heterocycles. The Hall–Kier alpha value is -2.06. The highest BCUT2D eigenvalue weighted by molar-refractivity contribution is 5.38. The first-order chi connectivity index (χ1) is 8.66. The second kappa shape index (κ2) is 4.00. The van der Waals surface area contributed by atoms with E-state index in [9.17, 15) is 10.1 Å². The Morgan fingerprint density at radius 3 is 3.00 bits per heavy atom. The molecule has 96 valence electrons. The van der Waals surface area contributed by atoms with Crippen molar-refractivity contribution in [1.82, 2.24) is 15.4 Å². The first kappa shape index (κ1) is 11.1. The summed E-state index contributed by atoms with van der Waals surface area (Å²) in [6.07, 6.45) is 5.69. The van der Waals surface area contributed by atoms with E-state index >= 15 is 0 Å². The van der Waals surface area contributed by atoms with Crippen molar-refractivity contribution < 1.29 is 9.86 Å². The van der Waals surface area contributed by atoms with Crippen molar-refractivity contribution >= 4 is 0 Å². The van der Waals surface area contributed by atoms with E-state index in [4.69, 9.17) is 10.7 Å². The summed E-state index contributed by atoms with van der Waals surface area (Å²) in [6.45, 7) is 1.60. The normalized spacial score (nSPS) is 26.3. The van der Waals surface area contributed by atoms with Gasteiger partial charge in [-0.15, -0.1) is 0 Å². The molecule has 3 heterocycles. The Balaban J connectivity index is 1.93. The molecule has 3 aliphatic rings. The van der Waals surface area contributed by atoms with Crippen molar-refractivity contribution in [2.45, 2.75) is 12.5 Å².